The van der Waals surface area contributed by atoms with Gasteiger partial charge in [-0.2, -0.15) is 0 Å². The Labute approximate surface area is 130 Å². The summed E-state index contributed by atoms with van der Waals surface area (Å²) in [7, 11) is 0. The molecule has 4 nitrogen and oxygen atoms in total. The van der Waals surface area contributed by atoms with E-state index in [0.717, 1.165) is 31.2 Å². The van der Waals surface area contributed by atoms with E-state index in [1.54, 1.807) is 19.1 Å². The van der Waals surface area contributed by atoms with Crippen molar-refractivity contribution in [3.8, 4) is 5.75 Å². The Morgan fingerprint density at radius 3 is 2.62 bits per heavy atom. The fourth-order valence-electron chi connectivity index (χ4n) is 2.86. The van der Waals surface area contributed by atoms with Crippen molar-refractivity contribution in [1.82, 2.24) is 5.32 Å². The molecule has 114 valence electrons. The first-order chi connectivity index (χ1) is 9.99. The Kier molecular flexibility index (Phi) is 5.17. The SMILES string of the molecule is Cc1ccc(C(=O)NC(C(N)=S)C2CCCCC2)cc1O. The first-order valence-corrected chi connectivity index (χ1v) is 7.79. The third-order valence-corrected chi connectivity index (χ3v) is 4.44. The molecule has 1 unspecified atom stereocenters. The van der Waals surface area contributed by atoms with E-state index in [1.165, 1.54) is 12.5 Å². The largest absolute Gasteiger partial charge is 0.508 e. The minimum atomic E-state index is -0.267. The van der Waals surface area contributed by atoms with Gasteiger partial charge in [0.2, 0.25) is 0 Å². The van der Waals surface area contributed by atoms with Crippen LogP contribution in [0, 0.1) is 12.8 Å². The van der Waals surface area contributed by atoms with Crippen LogP contribution < -0.4 is 11.1 Å². The van der Waals surface area contributed by atoms with Gasteiger partial charge in [-0.3, -0.25) is 4.79 Å². The summed E-state index contributed by atoms with van der Waals surface area (Å²) in [4.78, 5) is 12.7. The average molecular weight is 306 g/mol. The highest BCUT2D eigenvalue weighted by molar-refractivity contribution is 7.80. The number of phenols is 1. The summed E-state index contributed by atoms with van der Waals surface area (Å²) in [5, 5.41) is 12.6. The van der Waals surface area contributed by atoms with Crippen molar-refractivity contribution in [3.63, 3.8) is 0 Å². The van der Waals surface area contributed by atoms with E-state index in [0.29, 0.717) is 16.5 Å². The Bertz CT molecular complexity index is 539. The molecule has 0 bridgehead atoms. The second-order valence-electron chi connectivity index (χ2n) is 5.75. The van der Waals surface area contributed by atoms with E-state index in [-0.39, 0.29) is 17.7 Å². The van der Waals surface area contributed by atoms with E-state index < -0.39 is 0 Å². The molecular formula is C16H22N2O2S. The van der Waals surface area contributed by atoms with Crippen molar-refractivity contribution < 1.29 is 9.90 Å². The van der Waals surface area contributed by atoms with Crippen LogP contribution in [0.25, 0.3) is 0 Å². The predicted molar refractivity (Wildman–Crippen MR) is 87.5 cm³/mol. The fraction of sp³-hybridized carbons (Fsp3) is 0.500. The number of hydrogen-bond acceptors (Lipinski definition) is 3. The molecule has 1 saturated carbocycles. The van der Waals surface area contributed by atoms with Crippen molar-refractivity contribution in [3.05, 3.63) is 29.3 Å². The summed E-state index contributed by atoms with van der Waals surface area (Å²) in [6, 6.07) is 4.63. The summed E-state index contributed by atoms with van der Waals surface area (Å²) in [6.07, 6.45) is 5.64. The molecule has 0 heterocycles. The lowest BCUT2D eigenvalue weighted by Crippen LogP contribution is -2.48. The molecule has 4 N–H and O–H groups in total. The molecule has 1 atom stereocenters. The number of benzene rings is 1. The van der Waals surface area contributed by atoms with Gasteiger partial charge in [-0.15, -0.1) is 0 Å². The Morgan fingerprint density at radius 1 is 1.38 bits per heavy atom. The number of aryl methyl sites for hydroxylation is 1. The lowest BCUT2D eigenvalue weighted by molar-refractivity contribution is 0.0931. The minimum Gasteiger partial charge on any atom is -0.508 e. The second-order valence-corrected chi connectivity index (χ2v) is 6.22. The van der Waals surface area contributed by atoms with Crippen molar-refractivity contribution >= 4 is 23.1 Å². The van der Waals surface area contributed by atoms with Crippen LogP contribution in [0.2, 0.25) is 0 Å². The van der Waals surface area contributed by atoms with Gasteiger partial charge in [0.1, 0.15) is 5.75 Å². The summed E-state index contributed by atoms with van der Waals surface area (Å²) >= 11 is 5.13. The lowest BCUT2D eigenvalue weighted by Gasteiger charge is -2.30. The molecule has 1 aliphatic rings. The summed E-state index contributed by atoms with van der Waals surface area (Å²) in [6.45, 7) is 1.79. The third kappa shape index (κ3) is 3.94. The van der Waals surface area contributed by atoms with Gasteiger partial charge in [-0.25, -0.2) is 0 Å². The zero-order valence-electron chi connectivity index (χ0n) is 12.3. The molecule has 5 heteroatoms. The van der Waals surface area contributed by atoms with Crippen molar-refractivity contribution in [2.75, 3.05) is 0 Å². The van der Waals surface area contributed by atoms with Gasteiger partial charge < -0.3 is 16.2 Å². The summed E-state index contributed by atoms with van der Waals surface area (Å²) < 4.78 is 0. The molecule has 1 aromatic carbocycles. The van der Waals surface area contributed by atoms with Gasteiger partial charge in [-0.1, -0.05) is 37.5 Å². The standard InChI is InChI=1S/C16H22N2O2S/c1-10-7-8-12(9-13(10)19)16(20)18-14(15(17)21)11-5-3-2-4-6-11/h7-9,11,14,19H,2-6H2,1H3,(H2,17,21)(H,18,20). The van der Waals surface area contributed by atoms with Crippen LogP contribution in [0.5, 0.6) is 5.75 Å². The number of carbonyl (C=O) groups is 1. The maximum atomic E-state index is 12.3. The highest BCUT2D eigenvalue weighted by atomic mass is 32.1. The summed E-state index contributed by atoms with van der Waals surface area (Å²) in [5.41, 5.74) is 6.98. The number of phenolic OH excluding ortho intramolecular Hbond substituents is 1. The first-order valence-electron chi connectivity index (χ1n) is 7.39. The maximum absolute atomic E-state index is 12.3. The van der Waals surface area contributed by atoms with Crippen molar-refractivity contribution in [2.24, 2.45) is 11.7 Å². The molecule has 1 fully saturated rings. The van der Waals surface area contributed by atoms with E-state index in [9.17, 15) is 9.90 Å². The van der Waals surface area contributed by atoms with E-state index in [2.05, 4.69) is 5.32 Å². The van der Waals surface area contributed by atoms with E-state index in [1.807, 2.05) is 0 Å². The van der Waals surface area contributed by atoms with Crippen LogP contribution in [0.3, 0.4) is 0 Å². The molecule has 0 aliphatic heterocycles. The molecule has 0 radical (unpaired) electrons. The number of hydrogen-bond donors (Lipinski definition) is 3. The monoisotopic (exact) mass is 306 g/mol. The van der Waals surface area contributed by atoms with Gasteiger partial charge in [0.15, 0.2) is 0 Å². The van der Waals surface area contributed by atoms with Gasteiger partial charge >= 0.3 is 0 Å². The number of amides is 1. The smallest absolute Gasteiger partial charge is 0.251 e. The minimum absolute atomic E-state index is 0.118. The number of rotatable bonds is 4. The van der Waals surface area contributed by atoms with Gasteiger partial charge in [0.25, 0.3) is 5.91 Å². The van der Waals surface area contributed by atoms with Crippen LogP contribution in [0.15, 0.2) is 18.2 Å². The average Bonchev–Trinajstić information content (AvgIpc) is 2.48. The predicted octanol–water partition coefficient (Wildman–Crippen LogP) is 2.67. The highest BCUT2D eigenvalue weighted by Crippen LogP contribution is 2.27. The second kappa shape index (κ2) is 6.89. The Balaban J connectivity index is 2.10. The summed E-state index contributed by atoms with van der Waals surface area (Å²) in [5.74, 6) is 0.195. The van der Waals surface area contributed by atoms with Crippen LogP contribution in [-0.4, -0.2) is 22.0 Å². The van der Waals surface area contributed by atoms with E-state index in [4.69, 9.17) is 18.0 Å². The molecule has 21 heavy (non-hydrogen) atoms. The number of aromatic hydroxyl groups is 1. The number of carbonyl (C=O) groups excluding carboxylic acids is 1. The Hall–Kier alpha value is -1.62. The number of nitrogens with one attached hydrogen (secondary N) is 1. The molecule has 2 rings (SSSR count). The zero-order chi connectivity index (χ0) is 15.4. The lowest BCUT2D eigenvalue weighted by atomic mass is 9.83. The highest BCUT2D eigenvalue weighted by Gasteiger charge is 2.27. The Morgan fingerprint density at radius 2 is 2.05 bits per heavy atom. The van der Waals surface area contributed by atoms with Crippen LogP contribution >= 0.6 is 12.2 Å². The molecular weight excluding hydrogens is 284 g/mol. The van der Waals surface area contributed by atoms with E-state index >= 15 is 0 Å². The molecule has 1 amide bonds. The normalized spacial score (nSPS) is 17.2. The molecule has 0 spiro atoms. The number of nitrogens with two attached hydrogens (primary N) is 1. The van der Waals surface area contributed by atoms with Crippen LogP contribution in [-0.2, 0) is 0 Å². The number of thiocarbonyl (C=S) groups is 1. The van der Waals surface area contributed by atoms with Gasteiger partial charge in [0, 0.05) is 5.56 Å². The van der Waals surface area contributed by atoms with Crippen LogP contribution in [0.1, 0.15) is 48.0 Å². The fourth-order valence-corrected chi connectivity index (χ4v) is 3.12. The molecule has 1 aliphatic carbocycles. The third-order valence-electron chi connectivity index (χ3n) is 4.19. The molecule has 0 saturated heterocycles. The molecule has 0 aromatic heterocycles. The van der Waals surface area contributed by atoms with Crippen LogP contribution in [0.4, 0.5) is 0 Å². The quantitative estimate of drug-likeness (QED) is 0.748. The van der Waals surface area contributed by atoms with Crippen molar-refractivity contribution in [1.29, 1.82) is 0 Å². The zero-order valence-corrected chi connectivity index (χ0v) is 13.1. The van der Waals surface area contributed by atoms with Gasteiger partial charge in [-0.05, 0) is 43.4 Å². The topological polar surface area (TPSA) is 75.4 Å². The van der Waals surface area contributed by atoms with Crippen molar-refractivity contribution in [2.45, 2.75) is 45.1 Å². The maximum Gasteiger partial charge on any atom is 0.251 e. The molecule has 1 aromatic rings. The first kappa shape index (κ1) is 15.8. The van der Waals surface area contributed by atoms with Gasteiger partial charge in [0.05, 0.1) is 11.0 Å².